The molecular weight excluding hydrogens is 1220 g/mol. The second-order valence-corrected chi connectivity index (χ2v) is 30.5. The molecule has 0 spiro atoms. The van der Waals surface area contributed by atoms with Crippen LogP contribution >= 0.6 is 15.6 Å². The molecule has 0 bridgehead atoms. The number of aliphatic hydroxyl groups excluding tert-OH is 1. The molecule has 0 amide bonds. The van der Waals surface area contributed by atoms with E-state index in [9.17, 15) is 43.2 Å². The summed E-state index contributed by atoms with van der Waals surface area (Å²) in [6.07, 6.45) is 52.9. The predicted molar refractivity (Wildman–Crippen MR) is 377 cm³/mol. The van der Waals surface area contributed by atoms with Gasteiger partial charge in [0, 0.05) is 25.7 Å². The zero-order chi connectivity index (χ0) is 68.6. The van der Waals surface area contributed by atoms with E-state index in [0.29, 0.717) is 31.6 Å². The molecule has 0 aromatic heterocycles. The summed E-state index contributed by atoms with van der Waals surface area (Å²) in [5.74, 6) is -0.659. The number of rotatable bonds is 73. The van der Waals surface area contributed by atoms with Crippen LogP contribution in [-0.2, 0) is 65.4 Å². The van der Waals surface area contributed by atoms with E-state index in [0.717, 1.165) is 102 Å². The fourth-order valence-corrected chi connectivity index (χ4v) is 12.9. The van der Waals surface area contributed by atoms with Gasteiger partial charge >= 0.3 is 39.5 Å². The molecule has 0 aromatic rings. The maximum Gasteiger partial charge on any atom is 0.472 e. The minimum Gasteiger partial charge on any atom is -0.462 e. The first-order valence-electron chi connectivity index (χ1n) is 38.5. The Labute approximate surface area is 568 Å². The number of ether oxygens (including phenoxy) is 4. The zero-order valence-electron chi connectivity index (χ0n) is 60.6. The molecular formula is C74H144O17P2. The van der Waals surface area contributed by atoms with Crippen molar-refractivity contribution >= 4 is 39.5 Å². The van der Waals surface area contributed by atoms with Gasteiger partial charge < -0.3 is 33.8 Å². The van der Waals surface area contributed by atoms with E-state index in [1.165, 1.54) is 193 Å². The molecule has 0 aromatic carbocycles. The highest BCUT2D eigenvalue weighted by molar-refractivity contribution is 7.47. The lowest BCUT2D eigenvalue weighted by Crippen LogP contribution is -2.30. The van der Waals surface area contributed by atoms with Crippen LogP contribution in [0.1, 0.15) is 382 Å². The van der Waals surface area contributed by atoms with Gasteiger partial charge in [0.25, 0.3) is 0 Å². The van der Waals surface area contributed by atoms with Crippen molar-refractivity contribution in [3.63, 3.8) is 0 Å². The van der Waals surface area contributed by atoms with Gasteiger partial charge in [0.05, 0.1) is 26.4 Å². The van der Waals surface area contributed by atoms with Crippen molar-refractivity contribution in [3.05, 3.63) is 0 Å². The van der Waals surface area contributed by atoms with Gasteiger partial charge in [0.2, 0.25) is 0 Å². The van der Waals surface area contributed by atoms with Crippen molar-refractivity contribution in [2.75, 3.05) is 39.6 Å². The van der Waals surface area contributed by atoms with E-state index in [1.54, 1.807) is 0 Å². The molecule has 93 heavy (non-hydrogen) atoms. The summed E-state index contributed by atoms with van der Waals surface area (Å²) in [6, 6.07) is 0. The molecule has 2 unspecified atom stereocenters. The Morgan fingerprint density at radius 1 is 0.290 bits per heavy atom. The van der Waals surface area contributed by atoms with Crippen molar-refractivity contribution in [3.8, 4) is 0 Å². The standard InChI is InChI=1S/C74H144O17P2/c1-7-9-11-13-15-17-19-20-21-22-23-24-25-26-31-35-39-47-53-59-74(79)90-69(62-84-71(76)56-50-44-37-34-30-28-27-29-32-36-42-48-54-66(3)4)64-88-92(80,81)86-60-68(75)61-87-93(82,83)89-65-70(63-85-72(77)57-51-45-41-40-43-49-55-67(5)6)91-73(78)58-52-46-38-33-18-16-14-12-10-8-2/h66-70,75H,7-65H2,1-6H3,(H,80,81)(H,82,83)/t68-,69-,70-/m1/s1. The maximum absolute atomic E-state index is 13.1. The van der Waals surface area contributed by atoms with Crippen molar-refractivity contribution in [1.29, 1.82) is 0 Å². The highest BCUT2D eigenvalue weighted by atomic mass is 31.2. The van der Waals surface area contributed by atoms with E-state index in [4.69, 9.17) is 37.0 Å². The van der Waals surface area contributed by atoms with Crippen molar-refractivity contribution in [2.45, 2.75) is 400 Å². The number of carbonyl (C=O) groups excluding carboxylic acids is 4. The van der Waals surface area contributed by atoms with Gasteiger partial charge in [-0.3, -0.25) is 37.3 Å². The molecule has 0 heterocycles. The number of phosphoric acid groups is 2. The number of esters is 4. The molecule has 0 radical (unpaired) electrons. The lowest BCUT2D eigenvalue weighted by atomic mass is 10.0. The van der Waals surface area contributed by atoms with Gasteiger partial charge in [-0.15, -0.1) is 0 Å². The topological polar surface area (TPSA) is 237 Å². The summed E-state index contributed by atoms with van der Waals surface area (Å²) in [4.78, 5) is 72.6. The minimum atomic E-state index is -4.96. The SMILES string of the molecule is CCCCCCCCCCCCCCCCCCCCCC(=O)O[C@H](COC(=O)CCCCCCCCCCCCCCC(C)C)COP(=O)(O)OC[C@@H](O)COP(=O)(O)OC[C@@H](COC(=O)CCCCCCCCC(C)C)OC(=O)CCCCCCCCCCCC. The van der Waals surface area contributed by atoms with Crippen LogP contribution in [0, 0.1) is 11.8 Å². The van der Waals surface area contributed by atoms with Gasteiger partial charge in [-0.1, -0.05) is 330 Å². The van der Waals surface area contributed by atoms with Crippen molar-refractivity contribution < 1.29 is 80.2 Å². The molecule has 0 rings (SSSR count). The molecule has 0 saturated heterocycles. The van der Waals surface area contributed by atoms with E-state index in [1.807, 2.05) is 0 Å². The highest BCUT2D eigenvalue weighted by Gasteiger charge is 2.30. The molecule has 0 saturated carbocycles. The van der Waals surface area contributed by atoms with Crippen LogP contribution in [0.4, 0.5) is 0 Å². The maximum atomic E-state index is 13.1. The highest BCUT2D eigenvalue weighted by Crippen LogP contribution is 2.45. The molecule has 3 N–H and O–H groups in total. The van der Waals surface area contributed by atoms with E-state index in [2.05, 4.69) is 41.5 Å². The second kappa shape index (κ2) is 66.0. The smallest absolute Gasteiger partial charge is 0.462 e. The van der Waals surface area contributed by atoms with Crippen LogP contribution in [0.2, 0.25) is 0 Å². The summed E-state index contributed by atoms with van der Waals surface area (Å²) in [5, 5.41) is 10.6. The molecule has 5 atom stereocenters. The van der Waals surface area contributed by atoms with Crippen LogP contribution in [0.25, 0.3) is 0 Å². The molecule has 0 aliphatic rings. The summed E-state index contributed by atoms with van der Waals surface area (Å²) < 4.78 is 68.4. The lowest BCUT2D eigenvalue weighted by molar-refractivity contribution is -0.161. The number of carbonyl (C=O) groups is 4. The van der Waals surface area contributed by atoms with Gasteiger partial charge in [0.15, 0.2) is 12.2 Å². The Morgan fingerprint density at radius 3 is 0.731 bits per heavy atom. The van der Waals surface area contributed by atoms with E-state index >= 15 is 0 Å². The number of aliphatic hydroxyl groups is 1. The van der Waals surface area contributed by atoms with Gasteiger partial charge in [-0.2, -0.15) is 0 Å². The van der Waals surface area contributed by atoms with E-state index in [-0.39, 0.29) is 25.7 Å². The molecule has 17 nitrogen and oxygen atoms in total. The predicted octanol–water partition coefficient (Wildman–Crippen LogP) is 21.6. The third-order valence-corrected chi connectivity index (χ3v) is 19.1. The Kier molecular flexibility index (Phi) is 64.6. The van der Waals surface area contributed by atoms with Crippen LogP contribution in [-0.4, -0.2) is 96.7 Å². The summed E-state index contributed by atoms with van der Waals surface area (Å²) in [7, 11) is -9.90. The Hall–Kier alpha value is -1.94. The minimum absolute atomic E-state index is 0.105. The van der Waals surface area contributed by atoms with Crippen LogP contribution in [0.5, 0.6) is 0 Å². The lowest BCUT2D eigenvalue weighted by Gasteiger charge is -2.21. The Balaban J connectivity index is 5.20. The molecule has 0 aliphatic heterocycles. The Bertz CT molecular complexity index is 1800. The van der Waals surface area contributed by atoms with E-state index < -0.39 is 97.5 Å². The van der Waals surface area contributed by atoms with Crippen LogP contribution < -0.4 is 0 Å². The summed E-state index contributed by atoms with van der Waals surface area (Å²) in [5.41, 5.74) is 0. The zero-order valence-corrected chi connectivity index (χ0v) is 62.3. The summed E-state index contributed by atoms with van der Waals surface area (Å²) >= 11 is 0. The first kappa shape index (κ1) is 91.1. The summed E-state index contributed by atoms with van der Waals surface area (Å²) in [6.45, 7) is 9.50. The molecule has 0 aliphatic carbocycles. The van der Waals surface area contributed by atoms with Crippen molar-refractivity contribution in [2.24, 2.45) is 11.8 Å². The molecule has 0 fully saturated rings. The van der Waals surface area contributed by atoms with Crippen LogP contribution in [0.15, 0.2) is 0 Å². The number of hydrogen-bond acceptors (Lipinski definition) is 15. The Morgan fingerprint density at radius 2 is 0.495 bits per heavy atom. The normalized spacial score (nSPS) is 14.1. The van der Waals surface area contributed by atoms with Gasteiger partial charge in [-0.05, 0) is 37.5 Å². The second-order valence-electron chi connectivity index (χ2n) is 27.6. The quantitative estimate of drug-likeness (QED) is 0.0222. The first-order chi connectivity index (χ1) is 44.9. The van der Waals surface area contributed by atoms with Gasteiger partial charge in [0.1, 0.15) is 19.3 Å². The number of phosphoric ester groups is 2. The van der Waals surface area contributed by atoms with Crippen molar-refractivity contribution in [1.82, 2.24) is 0 Å². The largest absolute Gasteiger partial charge is 0.472 e. The monoisotopic (exact) mass is 1370 g/mol. The molecule has 19 heteroatoms. The number of hydrogen-bond donors (Lipinski definition) is 3. The third kappa shape index (κ3) is 68.4. The third-order valence-electron chi connectivity index (χ3n) is 17.2. The fraction of sp³-hybridized carbons (Fsp3) is 0.946. The van der Waals surface area contributed by atoms with Gasteiger partial charge in [-0.25, -0.2) is 9.13 Å². The average molecular weight is 1370 g/mol. The van der Waals surface area contributed by atoms with Crippen LogP contribution in [0.3, 0.4) is 0 Å². The first-order valence-corrected chi connectivity index (χ1v) is 41.5. The average Bonchev–Trinajstić information content (AvgIpc) is 2.46. The molecule has 552 valence electrons. The number of unbranched alkanes of at least 4 members (excludes halogenated alkanes) is 43. The fourth-order valence-electron chi connectivity index (χ4n) is 11.3.